The van der Waals surface area contributed by atoms with Gasteiger partial charge in [-0.2, -0.15) is 0 Å². The molecule has 0 fully saturated rings. The molecule has 0 aliphatic heterocycles. The van der Waals surface area contributed by atoms with Gasteiger partial charge in [0.1, 0.15) is 0 Å². The van der Waals surface area contributed by atoms with Crippen LogP contribution in [0, 0.1) is 0 Å². The number of rotatable bonds is 0. The summed E-state index contributed by atoms with van der Waals surface area (Å²) in [4.78, 5) is 0. The molecule has 6 heavy (non-hydrogen) atoms. The van der Waals surface area contributed by atoms with E-state index < -0.39 is 0 Å². The van der Waals surface area contributed by atoms with E-state index in [0.717, 1.165) is 0 Å². The first-order valence-electron chi connectivity index (χ1n) is 0. The van der Waals surface area contributed by atoms with Gasteiger partial charge in [0.05, 0.1) is 0 Å². The maximum atomic E-state index is 0. The van der Waals surface area contributed by atoms with Gasteiger partial charge in [0.25, 0.3) is 0 Å². The molecule has 0 aromatic heterocycles. The summed E-state index contributed by atoms with van der Waals surface area (Å²) >= 11 is 0. The Hall–Kier alpha value is 5.62. The Morgan fingerprint density at radius 2 is 0.333 bits per heavy atom. The molecule has 0 saturated carbocycles. The summed E-state index contributed by atoms with van der Waals surface area (Å²) in [7, 11) is 0. The van der Waals surface area contributed by atoms with Gasteiger partial charge in [0.15, 0.2) is 0 Å². The zero-order chi connectivity index (χ0) is 0. The first kappa shape index (κ1) is 41.5. The first-order valence-corrected chi connectivity index (χ1v) is 0. The van der Waals surface area contributed by atoms with E-state index in [2.05, 4.69) is 0 Å². The predicted molar refractivity (Wildman–Crippen MR) is 48.7 cm³/mol. The molecule has 0 atom stereocenters. The van der Waals surface area contributed by atoms with E-state index in [1.165, 1.54) is 0 Å². The van der Waals surface area contributed by atoms with E-state index in [0.29, 0.717) is 0 Å². The van der Waals surface area contributed by atoms with Crippen molar-refractivity contribution < 1.29 is 0 Å². The van der Waals surface area contributed by atoms with Gasteiger partial charge >= 0.3 is 151 Å². The molecule has 0 bridgehead atoms. The predicted octanol–water partition coefficient (Wildman–Crippen LogP) is -2.82. The molecule has 0 aliphatic rings. The molecule has 0 aliphatic carbocycles. The summed E-state index contributed by atoms with van der Waals surface area (Å²) in [5.41, 5.74) is 0. The standard InChI is InChI=1S/4Ca.2ClH.8H/h;;;;2*1H;;;;;;;;. The second-order valence-electron chi connectivity index (χ2n) is 0. The average Bonchev–Trinajstić information content (AvgIpc) is 0. The Kier molecular flexibility index (Phi) is 215. The Balaban J connectivity index is 0. The van der Waals surface area contributed by atoms with Crippen molar-refractivity contribution in [1.82, 2.24) is 0 Å². The minimum atomic E-state index is 0. The van der Waals surface area contributed by atoms with Gasteiger partial charge in [-0.1, -0.05) is 0 Å². The molecule has 0 amide bonds. The summed E-state index contributed by atoms with van der Waals surface area (Å²) in [5.74, 6) is 0. The van der Waals surface area contributed by atoms with Crippen molar-refractivity contribution in [1.29, 1.82) is 0 Å². The van der Waals surface area contributed by atoms with Crippen molar-refractivity contribution in [2.24, 2.45) is 0 Å². The van der Waals surface area contributed by atoms with Crippen molar-refractivity contribution >= 4 is 176 Å². The molecular formula is H10Ca4Cl2. The van der Waals surface area contributed by atoms with Crippen LogP contribution in [0.4, 0.5) is 0 Å². The molecule has 0 aromatic rings. The van der Waals surface area contributed by atoms with E-state index in [4.69, 9.17) is 0 Å². The summed E-state index contributed by atoms with van der Waals surface area (Å²) in [6.45, 7) is 0. The van der Waals surface area contributed by atoms with E-state index >= 15 is 0 Å². The van der Waals surface area contributed by atoms with E-state index in [1.807, 2.05) is 0 Å². The van der Waals surface area contributed by atoms with Crippen LogP contribution in [0.1, 0.15) is 0 Å². The van der Waals surface area contributed by atoms with Crippen molar-refractivity contribution in [2.75, 3.05) is 0 Å². The van der Waals surface area contributed by atoms with Crippen LogP contribution >= 0.6 is 24.8 Å². The monoisotopic (exact) mass is 240 g/mol. The van der Waals surface area contributed by atoms with E-state index in [1.54, 1.807) is 0 Å². The summed E-state index contributed by atoms with van der Waals surface area (Å²) in [6, 6.07) is 0. The molecule has 0 aromatic carbocycles. The molecule has 32 valence electrons. The zero-order valence-electron chi connectivity index (χ0n) is 0.816. The van der Waals surface area contributed by atoms with Crippen LogP contribution in [0.2, 0.25) is 0 Å². The Morgan fingerprint density at radius 3 is 0.333 bits per heavy atom. The van der Waals surface area contributed by atoms with Gasteiger partial charge < -0.3 is 0 Å². The van der Waals surface area contributed by atoms with Crippen LogP contribution in [0.5, 0.6) is 0 Å². The van der Waals surface area contributed by atoms with E-state index in [-0.39, 0.29) is 176 Å². The van der Waals surface area contributed by atoms with Crippen LogP contribution in [0.25, 0.3) is 0 Å². The Morgan fingerprint density at radius 1 is 0.333 bits per heavy atom. The summed E-state index contributed by atoms with van der Waals surface area (Å²) in [5, 5.41) is 0. The second kappa shape index (κ2) is 31.1. The molecular weight excluding hydrogens is 231 g/mol. The van der Waals surface area contributed by atoms with Crippen molar-refractivity contribution in [3.63, 3.8) is 0 Å². The van der Waals surface area contributed by atoms with Crippen LogP contribution in [-0.2, 0) is 0 Å². The van der Waals surface area contributed by atoms with Gasteiger partial charge in [0, 0.05) is 0 Å². The molecule has 0 nitrogen and oxygen atoms in total. The fourth-order valence-corrected chi connectivity index (χ4v) is 0. The third-order valence-corrected chi connectivity index (χ3v) is 0. The minimum absolute atomic E-state index is 0. The molecule has 0 spiro atoms. The SMILES string of the molecule is Cl.Cl.[CaH2].[CaH2].[CaH2].[CaH2]. The quantitative estimate of drug-likeness (QED) is 0.401. The number of halogens is 2. The van der Waals surface area contributed by atoms with Crippen molar-refractivity contribution in [2.45, 2.75) is 0 Å². The van der Waals surface area contributed by atoms with Gasteiger partial charge in [0.2, 0.25) is 0 Å². The second-order valence-corrected chi connectivity index (χ2v) is 0. The number of hydrogen-bond donors (Lipinski definition) is 0. The van der Waals surface area contributed by atoms with Gasteiger partial charge in [-0.3, -0.25) is 0 Å². The molecule has 0 heterocycles. The zero-order valence-corrected chi connectivity index (χ0v) is 2.45. The topological polar surface area (TPSA) is 0 Å². The van der Waals surface area contributed by atoms with Crippen LogP contribution in [-0.4, -0.2) is 151 Å². The molecule has 0 radical (unpaired) electrons. The molecule has 6 heteroatoms. The third kappa shape index (κ3) is 22.6. The Bertz CT molecular complexity index is 5.51. The van der Waals surface area contributed by atoms with Crippen LogP contribution in [0.3, 0.4) is 0 Å². The van der Waals surface area contributed by atoms with Gasteiger partial charge in [-0.05, 0) is 0 Å². The third-order valence-electron chi connectivity index (χ3n) is 0. The van der Waals surface area contributed by atoms with Crippen molar-refractivity contribution in [3.05, 3.63) is 0 Å². The van der Waals surface area contributed by atoms with Crippen molar-refractivity contribution in [3.8, 4) is 0 Å². The van der Waals surface area contributed by atoms with Crippen LogP contribution < -0.4 is 0 Å². The van der Waals surface area contributed by atoms with Gasteiger partial charge in [-0.15, -0.1) is 24.8 Å². The average molecular weight is 241 g/mol. The van der Waals surface area contributed by atoms with Gasteiger partial charge in [-0.25, -0.2) is 0 Å². The molecule has 0 rings (SSSR count). The Labute approximate surface area is 170 Å². The number of hydrogen-bond acceptors (Lipinski definition) is 0. The molecule has 0 N–H and O–H groups in total. The fourth-order valence-electron chi connectivity index (χ4n) is 0. The molecule has 0 saturated heterocycles. The summed E-state index contributed by atoms with van der Waals surface area (Å²) in [6.07, 6.45) is 0. The first-order chi connectivity index (χ1) is 0. The summed E-state index contributed by atoms with van der Waals surface area (Å²) < 4.78 is 0. The fraction of sp³-hybridized carbons (Fsp3) is 0. The maximum absolute atomic E-state index is 0. The molecule has 0 unspecified atom stereocenters. The normalized spacial score (nSPS) is 0. The van der Waals surface area contributed by atoms with Crippen LogP contribution in [0.15, 0.2) is 0 Å². The van der Waals surface area contributed by atoms with E-state index in [9.17, 15) is 0 Å².